The van der Waals surface area contributed by atoms with E-state index in [2.05, 4.69) is 4.90 Å². The molecule has 4 atom stereocenters. The van der Waals surface area contributed by atoms with E-state index in [4.69, 9.17) is 13.7 Å². The summed E-state index contributed by atoms with van der Waals surface area (Å²) in [4.78, 5) is 15.1. The minimum atomic E-state index is -3.67. The quantitative estimate of drug-likeness (QED) is 0.565. The molecule has 32 heavy (non-hydrogen) atoms. The summed E-state index contributed by atoms with van der Waals surface area (Å²) in [5, 5.41) is 22.4. The number of nitrogens with zero attached hydrogens (tertiary/aromatic N) is 1. The summed E-state index contributed by atoms with van der Waals surface area (Å²) in [5.74, 6) is 0.505. The van der Waals surface area contributed by atoms with Gasteiger partial charge in [-0.05, 0) is 37.0 Å². The second-order valence-electron chi connectivity index (χ2n) is 9.11. The van der Waals surface area contributed by atoms with Crippen molar-refractivity contribution in [3.8, 4) is 11.5 Å². The second-order valence-corrected chi connectivity index (χ2v) is 10.6. The number of likely N-dealkylation sites (tertiary alicyclic amines) is 1. The van der Waals surface area contributed by atoms with Crippen LogP contribution in [0.15, 0.2) is 35.1 Å². The van der Waals surface area contributed by atoms with E-state index in [1.54, 1.807) is 18.6 Å². The Morgan fingerprint density at radius 3 is 2.69 bits per heavy atom. The molecule has 4 aliphatic rings. The smallest absolute Gasteiger partial charge is 0.261 e. The predicted octanol–water partition coefficient (Wildman–Crippen LogP) is 1.41. The second kappa shape index (κ2) is 7.05. The monoisotopic (exact) mass is 463 g/mol. The summed E-state index contributed by atoms with van der Waals surface area (Å²) in [6, 6.07) is 5.43. The summed E-state index contributed by atoms with van der Waals surface area (Å²) in [6.07, 6.45) is 5.49. The molecule has 1 saturated carbocycles. The Hall–Kier alpha value is -2.40. The Morgan fingerprint density at radius 1 is 1.25 bits per heavy atom. The fraction of sp³-hybridized carbons (Fsp3) is 0.500. The van der Waals surface area contributed by atoms with Crippen LogP contribution >= 0.6 is 0 Å². The zero-order valence-electron chi connectivity index (χ0n) is 17.5. The molecular weight excluding hydrogens is 438 g/mol. The van der Waals surface area contributed by atoms with Crippen LogP contribution in [0, 0.1) is 0 Å². The topological polar surface area (TPSA) is 138 Å². The van der Waals surface area contributed by atoms with Crippen molar-refractivity contribution < 1.29 is 37.1 Å². The number of rotatable bonds is 2. The zero-order chi connectivity index (χ0) is 22.9. The van der Waals surface area contributed by atoms with Gasteiger partial charge in [0.2, 0.25) is 0 Å². The highest BCUT2D eigenvalue weighted by molar-refractivity contribution is 7.85. The molecule has 6 rings (SSSR count). The number of hydrogen-bond donors (Lipinski definition) is 3. The van der Waals surface area contributed by atoms with Gasteiger partial charge in [-0.2, -0.15) is 8.42 Å². The molecule has 4 unspecified atom stereocenters. The van der Waals surface area contributed by atoms with Crippen molar-refractivity contribution in [2.75, 3.05) is 12.8 Å². The van der Waals surface area contributed by atoms with Gasteiger partial charge in [0.25, 0.3) is 10.1 Å². The standard InChI is InChI=1S/C21H21NO5.CH4O3S/c23-14-2-1-13-9-16-21(25)5-3-15(24)19-20(21,17(13)18(14)27-19)6-7-22(16)10-12-4-8-26-11-12;1-5(2,3)4/h1-2,4,8,11,16,19,23,25H,3,5-7,9-10H2;1H3,(H,2,3,4). The van der Waals surface area contributed by atoms with Crippen molar-refractivity contribution in [1.29, 1.82) is 0 Å². The van der Waals surface area contributed by atoms with Gasteiger partial charge in [-0.15, -0.1) is 0 Å². The van der Waals surface area contributed by atoms with E-state index in [9.17, 15) is 23.4 Å². The maximum atomic E-state index is 12.8. The molecule has 2 aromatic rings. The van der Waals surface area contributed by atoms with Crippen LogP contribution in [0.1, 0.15) is 36.0 Å². The number of aromatic hydroxyl groups is 1. The molecule has 10 heteroatoms. The Morgan fingerprint density at radius 2 is 2.00 bits per heavy atom. The lowest BCUT2D eigenvalue weighted by molar-refractivity contribution is -0.189. The fourth-order valence-electron chi connectivity index (χ4n) is 6.22. The average molecular weight is 464 g/mol. The van der Waals surface area contributed by atoms with Crippen LogP contribution in [0.4, 0.5) is 0 Å². The first-order chi connectivity index (χ1) is 15.0. The number of phenols is 1. The molecule has 1 aromatic carbocycles. The number of phenolic OH excluding ortho intramolecular Hbond substituents is 1. The molecular formula is C22H25NO8S. The summed E-state index contributed by atoms with van der Waals surface area (Å²) >= 11 is 0. The number of ketones is 1. The van der Waals surface area contributed by atoms with E-state index in [0.29, 0.717) is 44.2 Å². The van der Waals surface area contributed by atoms with Crippen LogP contribution in [-0.2, 0) is 33.3 Å². The number of carbonyl (C=O) groups excluding carboxylic acids is 1. The molecule has 2 aliphatic heterocycles. The summed E-state index contributed by atoms with van der Waals surface area (Å²) in [5.41, 5.74) is 1.24. The molecule has 2 fully saturated rings. The lowest BCUT2D eigenvalue weighted by Gasteiger charge is -2.62. The Labute approximate surface area is 185 Å². The summed E-state index contributed by atoms with van der Waals surface area (Å²) < 4.78 is 37.1. The number of piperidine rings is 1. The molecule has 2 bridgehead atoms. The molecule has 3 N–H and O–H groups in total. The molecule has 172 valence electrons. The number of carbonyl (C=O) groups is 1. The van der Waals surface area contributed by atoms with Crippen LogP contribution in [-0.4, -0.2) is 64.4 Å². The number of furan rings is 1. The van der Waals surface area contributed by atoms with Crippen molar-refractivity contribution in [2.24, 2.45) is 0 Å². The third-order valence-electron chi connectivity index (χ3n) is 7.33. The Kier molecular flexibility index (Phi) is 4.72. The minimum absolute atomic E-state index is 0.0326. The van der Waals surface area contributed by atoms with Gasteiger partial charge in [0.15, 0.2) is 23.4 Å². The van der Waals surface area contributed by atoms with Crippen LogP contribution in [0.5, 0.6) is 11.5 Å². The van der Waals surface area contributed by atoms with Crippen molar-refractivity contribution in [3.05, 3.63) is 47.4 Å². The van der Waals surface area contributed by atoms with Crippen molar-refractivity contribution in [1.82, 2.24) is 4.90 Å². The van der Waals surface area contributed by atoms with Crippen LogP contribution in [0.25, 0.3) is 0 Å². The van der Waals surface area contributed by atoms with Gasteiger partial charge in [0.05, 0.1) is 29.8 Å². The van der Waals surface area contributed by atoms with Gasteiger partial charge in [0.1, 0.15) is 0 Å². The first kappa shape index (κ1) is 21.4. The number of hydrogen-bond acceptors (Lipinski definition) is 8. The van der Waals surface area contributed by atoms with Crippen molar-refractivity contribution in [3.63, 3.8) is 0 Å². The first-order valence-electron chi connectivity index (χ1n) is 10.5. The van der Waals surface area contributed by atoms with E-state index >= 15 is 0 Å². The predicted molar refractivity (Wildman–Crippen MR) is 112 cm³/mol. The van der Waals surface area contributed by atoms with Crippen LogP contribution in [0.3, 0.4) is 0 Å². The molecule has 1 saturated heterocycles. The normalized spacial score (nSPS) is 32.5. The van der Waals surface area contributed by atoms with Gasteiger partial charge < -0.3 is 19.4 Å². The highest BCUT2D eigenvalue weighted by Gasteiger charge is 2.73. The fourth-order valence-corrected chi connectivity index (χ4v) is 6.22. The Balaban J connectivity index is 0.000000393. The maximum absolute atomic E-state index is 12.8. The molecule has 0 radical (unpaired) electrons. The third kappa shape index (κ3) is 3.01. The molecule has 1 spiro atoms. The lowest BCUT2D eigenvalue weighted by atomic mass is 9.49. The summed E-state index contributed by atoms with van der Waals surface area (Å²) in [7, 11) is -3.67. The third-order valence-corrected chi connectivity index (χ3v) is 7.33. The number of Topliss-reactive ketones (excluding diaryl/α,β-unsaturated/α-hetero) is 1. The van der Waals surface area contributed by atoms with E-state index in [1.807, 2.05) is 12.1 Å². The molecule has 2 aliphatic carbocycles. The molecule has 0 amide bonds. The summed E-state index contributed by atoms with van der Waals surface area (Å²) in [6.45, 7) is 1.47. The largest absolute Gasteiger partial charge is 0.504 e. The highest BCUT2D eigenvalue weighted by Crippen LogP contribution is 2.64. The number of benzene rings is 1. The van der Waals surface area contributed by atoms with E-state index in [-0.39, 0.29) is 17.6 Å². The molecule has 3 heterocycles. The van der Waals surface area contributed by atoms with Crippen LogP contribution in [0.2, 0.25) is 0 Å². The van der Waals surface area contributed by atoms with E-state index in [0.717, 1.165) is 23.2 Å². The molecule has 1 aromatic heterocycles. The van der Waals surface area contributed by atoms with Gasteiger partial charge in [-0.1, -0.05) is 6.07 Å². The minimum Gasteiger partial charge on any atom is -0.504 e. The number of aliphatic hydroxyl groups is 1. The highest BCUT2D eigenvalue weighted by atomic mass is 32.2. The lowest BCUT2D eigenvalue weighted by Crippen LogP contribution is -2.76. The maximum Gasteiger partial charge on any atom is 0.261 e. The molecule has 9 nitrogen and oxygen atoms in total. The Bertz CT molecular complexity index is 1170. The van der Waals surface area contributed by atoms with Gasteiger partial charge in [0, 0.05) is 36.7 Å². The van der Waals surface area contributed by atoms with Gasteiger partial charge in [-0.3, -0.25) is 14.2 Å². The van der Waals surface area contributed by atoms with Crippen molar-refractivity contribution in [2.45, 2.75) is 55.4 Å². The van der Waals surface area contributed by atoms with Crippen LogP contribution < -0.4 is 4.74 Å². The zero-order valence-corrected chi connectivity index (χ0v) is 18.3. The van der Waals surface area contributed by atoms with Crippen molar-refractivity contribution >= 4 is 15.9 Å². The average Bonchev–Trinajstić information content (AvgIpc) is 3.32. The van der Waals surface area contributed by atoms with Gasteiger partial charge >= 0.3 is 0 Å². The number of ether oxygens (including phenoxy) is 1. The van der Waals surface area contributed by atoms with Gasteiger partial charge in [-0.25, -0.2) is 0 Å². The van der Waals surface area contributed by atoms with E-state index in [1.165, 1.54) is 0 Å². The van der Waals surface area contributed by atoms with E-state index < -0.39 is 27.2 Å². The SMILES string of the molecule is CS(=O)(=O)O.O=C1CCC2(O)C3Cc4ccc(O)c5c4C2(CCN3Cc2ccoc2)C1O5. The first-order valence-corrected chi connectivity index (χ1v) is 12.3.